The first-order chi connectivity index (χ1) is 7.25. The number of aromatic nitrogens is 1. The molecule has 2 heterocycles. The topological polar surface area (TPSA) is 34.2 Å². The van der Waals surface area contributed by atoms with Crippen molar-refractivity contribution in [3.63, 3.8) is 0 Å². The smallest absolute Gasteiger partial charge is 0.129 e. The van der Waals surface area contributed by atoms with E-state index >= 15 is 0 Å². The zero-order chi connectivity index (χ0) is 10.7. The lowest BCUT2D eigenvalue weighted by atomic mass is 10.0. The quantitative estimate of drug-likeness (QED) is 0.805. The van der Waals surface area contributed by atoms with Crippen LogP contribution in [0.15, 0.2) is 18.3 Å². The summed E-state index contributed by atoms with van der Waals surface area (Å²) in [5, 5.41) is 3.94. The Hall–Kier alpha value is -0.800. The Balaban J connectivity index is 1.92. The fourth-order valence-corrected chi connectivity index (χ4v) is 1.90. The highest BCUT2D eigenvalue weighted by Crippen LogP contribution is 2.20. The number of rotatable bonds is 3. The molecule has 3 nitrogen and oxygen atoms in total. The van der Waals surface area contributed by atoms with Crippen molar-refractivity contribution in [1.29, 1.82) is 0 Å². The van der Waals surface area contributed by atoms with Crippen LogP contribution in [0.2, 0.25) is 5.15 Å². The molecular weight excluding hydrogens is 212 g/mol. The van der Waals surface area contributed by atoms with Crippen molar-refractivity contribution in [3.05, 3.63) is 23.5 Å². The molecule has 1 aliphatic rings. The number of anilines is 1. The van der Waals surface area contributed by atoms with Crippen molar-refractivity contribution in [3.8, 4) is 0 Å². The monoisotopic (exact) mass is 226 g/mol. The molecule has 0 aromatic carbocycles. The minimum absolute atomic E-state index is 0.412. The van der Waals surface area contributed by atoms with Gasteiger partial charge in [-0.3, -0.25) is 0 Å². The van der Waals surface area contributed by atoms with Gasteiger partial charge in [-0.1, -0.05) is 11.6 Å². The third-order valence-corrected chi connectivity index (χ3v) is 3.02. The van der Waals surface area contributed by atoms with Crippen LogP contribution in [0, 0.1) is 5.92 Å². The summed E-state index contributed by atoms with van der Waals surface area (Å²) in [7, 11) is 0. The lowest BCUT2D eigenvalue weighted by Crippen LogP contribution is -2.26. The van der Waals surface area contributed by atoms with Crippen molar-refractivity contribution >= 4 is 17.3 Å². The Kier molecular flexibility index (Phi) is 3.44. The Labute approximate surface area is 94.8 Å². The number of hydrogen-bond acceptors (Lipinski definition) is 3. The van der Waals surface area contributed by atoms with Crippen LogP contribution in [-0.4, -0.2) is 24.2 Å². The number of hydrogen-bond donors (Lipinski definition) is 1. The standard InChI is InChI=1S/C11H15ClN2O/c1-8(9-4-5-15-7-9)14-10-2-3-11(12)13-6-10/h2-3,6,8-9,14H,4-5,7H2,1H3. The molecule has 4 heteroatoms. The molecule has 15 heavy (non-hydrogen) atoms. The summed E-state index contributed by atoms with van der Waals surface area (Å²) in [4.78, 5) is 4.03. The zero-order valence-electron chi connectivity index (χ0n) is 8.74. The average molecular weight is 227 g/mol. The van der Waals surface area contributed by atoms with Crippen molar-refractivity contribution < 1.29 is 4.74 Å². The molecule has 2 unspecified atom stereocenters. The second-order valence-electron chi connectivity index (χ2n) is 3.93. The van der Waals surface area contributed by atoms with Gasteiger partial charge in [0.1, 0.15) is 5.15 Å². The Morgan fingerprint density at radius 2 is 2.47 bits per heavy atom. The minimum Gasteiger partial charge on any atom is -0.381 e. The van der Waals surface area contributed by atoms with E-state index in [9.17, 15) is 0 Å². The summed E-state index contributed by atoms with van der Waals surface area (Å²) >= 11 is 5.72. The predicted octanol–water partition coefficient (Wildman–Crippen LogP) is 2.57. The van der Waals surface area contributed by atoms with E-state index in [1.807, 2.05) is 6.07 Å². The van der Waals surface area contributed by atoms with Gasteiger partial charge in [-0.2, -0.15) is 0 Å². The number of nitrogens with zero attached hydrogens (tertiary/aromatic N) is 1. The van der Waals surface area contributed by atoms with Gasteiger partial charge in [0, 0.05) is 18.6 Å². The molecule has 0 bridgehead atoms. The number of pyridine rings is 1. The molecule has 0 spiro atoms. The maximum atomic E-state index is 5.72. The van der Waals surface area contributed by atoms with E-state index in [2.05, 4.69) is 17.2 Å². The lowest BCUT2D eigenvalue weighted by Gasteiger charge is -2.20. The van der Waals surface area contributed by atoms with Gasteiger partial charge in [-0.05, 0) is 25.5 Å². The molecule has 1 fully saturated rings. The summed E-state index contributed by atoms with van der Waals surface area (Å²) < 4.78 is 5.36. The largest absolute Gasteiger partial charge is 0.381 e. The van der Waals surface area contributed by atoms with Gasteiger partial charge < -0.3 is 10.1 Å². The van der Waals surface area contributed by atoms with Gasteiger partial charge in [0.25, 0.3) is 0 Å². The molecule has 1 N–H and O–H groups in total. The molecule has 1 aliphatic heterocycles. The van der Waals surface area contributed by atoms with Crippen LogP contribution >= 0.6 is 11.6 Å². The number of halogens is 1. The molecule has 1 saturated heterocycles. The van der Waals surface area contributed by atoms with Crippen LogP contribution in [0.25, 0.3) is 0 Å². The van der Waals surface area contributed by atoms with Crippen LogP contribution in [0.5, 0.6) is 0 Å². The van der Waals surface area contributed by atoms with Gasteiger partial charge in [0.05, 0.1) is 18.5 Å². The fraction of sp³-hybridized carbons (Fsp3) is 0.545. The van der Waals surface area contributed by atoms with E-state index < -0.39 is 0 Å². The Bertz CT molecular complexity index is 309. The summed E-state index contributed by atoms with van der Waals surface area (Å²) in [6.45, 7) is 3.92. The second kappa shape index (κ2) is 4.81. The zero-order valence-corrected chi connectivity index (χ0v) is 9.50. The third-order valence-electron chi connectivity index (χ3n) is 2.79. The molecular formula is C11H15ClN2O. The molecule has 1 aromatic heterocycles. The molecule has 0 saturated carbocycles. The highest BCUT2D eigenvalue weighted by Gasteiger charge is 2.21. The highest BCUT2D eigenvalue weighted by atomic mass is 35.5. The van der Waals surface area contributed by atoms with Crippen LogP contribution in [0.4, 0.5) is 5.69 Å². The third kappa shape index (κ3) is 2.83. The summed E-state index contributed by atoms with van der Waals surface area (Å²) in [5.41, 5.74) is 1.01. The van der Waals surface area contributed by atoms with E-state index in [0.717, 1.165) is 25.3 Å². The SMILES string of the molecule is CC(Nc1ccc(Cl)nc1)C1CCOC1. The van der Waals surface area contributed by atoms with E-state index in [1.165, 1.54) is 0 Å². The normalized spacial score (nSPS) is 22.7. The van der Waals surface area contributed by atoms with Crippen LogP contribution < -0.4 is 5.32 Å². The molecule has 0 amide bonds. The molecule has 1 aromatic rings. The van der Waals surface area contributed by atoms with E-state index in [4.69, 9.17) is 16.3 Å². The molecule has 0 radical (unpaired) electrons. The van der Waals surface area contributed by atoms with Crippen LogP contribution in [0.3, 0.4) is 0 Å². The first-order valence-corrected chi connectivity index (χ1v) is 5.59. The number of nitrogens with one attached hydrogen (secondary N) is 1. The second-order valence-corrected chi connectivity index (χ2v) is 4.31. The molecule has 0 aliphatic carbocycles. The summed E-state index contributed by atoms with van der Waals surface area (Å²) in [5.74, 6) is 0.598. The molecule has 82 valence electrons. The summed E-state index contributed by atoms with van der Waals surface area (Å²) in [6, 6.07) is 4.15. The van der Waals surface area contributed by atoms with Crippen molar-refractivity contribution in [1.82, 2.24) is 4.98 Å². The Morgan fingerprint density at radius 3 is 3.07 bits per heavy atom. The van der Waals surface area contributed by atoms with E-state index in [1.54, 1.807) is 12.3 Å². The molecule has 2 rings (SSSR count). The van der Waals surface area contributed by atoms with Crippen molar-refractivity contribution in [2.24, 2.45) is 5.92 Å². The Morgan fingerprint density at radius 1 is 1.60 bits per heavy atom. The van der Waals surface area contributed by atoms with Gasteiger partial charge in [-0.15, -0.1) is 0 Å². The van der Waals surface area contributed by atoms with E-state index in [0.29, 0.717) is 17.1 Å². The average Bonchev–Trinajstić information content (AvgIpc) is 2.74. The predicted molar refractivity (Wildman–Crippen MR) is 61.3 cm³/mol. The maximum Gasteiger partial charge on any atom is 0.129 e. The summed E-state index contributed by atoms with van der Waals surface area (Å²) in [6.07, 6.45) is 2.89. The first kappa shape index (κ1) is 10.7. The van der Waals surface area contributed by atoms with Gasteiger partial charge in [0.15, 0.2) is 0 Å². The van der Waals surface area contributed by atoms with Crippen molar-refractivity contribution in [2.45, 2.75) is 19.4 Å². The highest BCUT2D eigenvalue weighted by molar-refractivity contribution is 6.29. The first-order valence-electron chi connectivity index (χ1n) is 5.21. The van der Waals surface area contributed by atoms with Crippen LogP contribution in [0.1, 0.15) is 13.3 Å². The van der Waals surface area contributed by atoms with Gasteiger partial charge >= 0.3 is 0 Å². The minimum atomic E-state index is 0.412. The fourth-order valence-electron chi connectivity index (χ4n) is 1.79. The van der Waals surface area contributed by atoms with E-state index in [-0.39, 0.29) is 0 Å². The maximum absolute atomic E-state index is 5.72. The lowest BCUT2D eigenvalue weighted by molar-refractivity contribution is 0.183. The van der Waals surface area contributed by atoms with Crippen LogP contribution in [-0.2, 0) is 4.74 Å². The molecule has 2 atom stereocenters. The number of ether oxygens (including phenoxy) is 1. The van der Waals surface area contributed by atoms with Gasteiger partial charge in [-0.25, -0.2) is 4.98 Å². The van der Waals surface area contributed by atoms with Crippen molar-refractivity contribution in [2.75, 3.05) is 18.5 Å². The van der Waals surface area contributed by atoms with Gasteiger partial charge in [0.2, 0.25) is 0 Å².